The molecule has 0 aliphatic heterocycles. The molecule has 0 spiro atoms. The minimum absolute atomic E-state index is 0.439. The molecule has 0 fully saturated rings. The summed E-state index contributed by atoms with van der Waals surface area (Å²) < 4.78 is 0. The maximum atomic E-state index is 11.1. The number of nitrogens with one attached hydrogen (secondary N) is 1. The summed E-state index contributed by atoms with van der Waals surface area (Å²) in [6.45, 7) is 5.61. The van der Waals surface area contributed by atoms with Gasteiger partial charge in [-0.25, -0.2) is 4.98 Å². The van der Waals surface area contributed by atoms with E-state index < -0.39 is 11.5 Å². The van der Waals surface area contributed by atoms with Crippen molar-refractivity contribution in [3.63, 3.8) is 0 Å². The zero-order chi connectivity index (χ0) is 13.1. The molecule has 1 aromatic heterocycles. The van der Waals surface area contributed by atoms with E-state index in [-0.39, 0.29) is 0 Å². The van der Waals surface area contributed by atoms with Gasteiger partial charge in [-0.2, -0.15) is 0 Å². The zero-order valence-corrected chi connectivity index (χ0v) is 11.4. The first-order valence-corrected chi connectivity index (χ1v) is 6.36. The summed E-state index contributed by atoms with van der Waals surface area (Å²) >= 11 is 1.45. The van der Waals surface area contributed by atoms with Crippen molar-refractivity contribution < 1.29 is 9.90 Å². The van der Waals surface area contributed by atoms with E-state index in [0.717, 1.165) is 16.3 Å². The standard InChI is InChI=1S/C12H18N2O2S/c1-8-5-9(2)14-10(6-8)17-7-12(3,13-4)11(15)16/h5-6,13H,7H2,1-4H3,(H,15,16). The zero-order valence-electron chi connectivity index (χ0n) is 10.6. The molecule has 0 radical (unpaired) electrons. The van der Waals surface area contributed by atoms with Gasteiger partial charge >= 0.3 is 5.97 Å². The number of carboxylic acids is 1. The molecule has 2 N–H and O–H groups in total. The smallest absolute Gasteiger partial charge is 0.324 e. The average molecular weight is 254 g/mol. The van der Waals surface area contributed by atoms with Crippen molar-refractivity contribution in [3.8, 4) is 0 Å². The highest BCUT2D eigenvalue weighted by Gasteiger charge is 2.31. The maximum absolute atomic E-state index is 11.1. The highest BCUT2D eigenvalue weighted by atomic mass is 32.2. The van der Waals surface area contributed by atoms with Crippen molar-refractivity contribution in [2.75, 3.05) is 12.8 Å². The number of pyridine rings is 1. The molecular formula is C12H18N2O2S. The third-order valence-electron chi connectivity index (χ3n) is 2.61. The second kappa shape index (κ2) is 5.51. The Bertz CT molecular complexity index is 403. The van der Waals surface area contributed by atoms with E-state index in [9.17, 15) is 4.79 Å². The van der Waals surface area contributed by atoms with Crippen LogP contribution in [0, 0.1) is 13.8 Å². The van der Waals surface area contributed by atoms with Gasteiger partial charge in [-0.15, -0.1) is 11.8 Å². The molecule has 0 saturated carbocycles. The molecular weight excluding hydrogens is 236 g/mol. The van der Waals surface area contributed by atoms with E-state index in [1.54, 1.807) is 14.0 Å². The molecule has 0 aromatic carbocycles. The first-order chi connectivity index (χ1) is 7.87. The fourth-order valence-electron chi connectivity index (χ4n) is 1.34. The highest BCUT2D eigenvalue weighted by Crippen LogP contribution is 2.22. The number of nitrogens with zero attached hydrogens (tertiary/aromatic N) is 1. The number of aliphatic carboxylic acids is 1. The van der Waals surface area contributed by atoms with E-state index in [1.807, 2.05) is 26.0 Å². The molecule has 0 aliphatic carbocycles. The SMILES string of the molecule is CNC(C)(CSc1cc(C)cc(C)n1)C(=O)O. The Hall–Kier alpha value is -1.07. The van der Waals surface area contributed by atoms with E-state index in [4.69, 9.17) is 5.11 Å². The number of carboxylic acid groups (broad SMARTS) is 1. The Labute approximate surface area is 106 Å². The van der Waals surface area contributed by atoms with Crippen LogP contribution in [0.3, 0.4) is 0 Å². The number of aromatic nitrogens is 1. The van der Waals surface area contributed by atoms with Crippen molar-refractivity contribution in [1.82, 2.24) is 10.3 Å². The lowest BCUT2D eigenvalue weighted by Crippen LogP contribution is -2.49. The van der Waals surface area contributed by atoms with Gasteiger partial charge in [0.15, 0.2) is 0 Å². The van der Waals surface area contributed by atoms with Crippen LogP contribution in [0.2, 0.25) is 0 Å². The van der Waals surface area contributed by atoms with Crippen molar-refractivity contribution >= 4 is 17.7 Å². The number of likely N-dealkylation sites (N-methyl/N-ethyl adjacent to an activating group) is 1. The highest BCUT2D eigenvalue weighted by molar-refractivity contribution is 7.99. The Morgan fingerprint density at radius 2 is 2.18 bits per heavy atom. The molecule has 1 heterocycles. The van der Waals surface area contributed by atoms with Crippen LogP contribution in [0.5, 0.6) is 0 Å². The molecule has 1 rings (SSSR count). The first kappa shape index (κ1) is 14.0. The summed E-state index contributed by atoms with van der Waals surface area (Å²) in [4.78, 5) is 15.5. The van der Waals surface area contributed by atoms with E-state index >= 15 is 0 Å². The lowest BCUT2D eigenvalue weighted by molar-refractivity contribution is -0.142. The van der Waals surface area contributed by atoms with Crippen LogP contribution in [0.4, 0.5) is 0 Å². The Morgan fingerprint density at radius 3 is 2.65 bits per heavy atom. The third-order valence-corrected chi connectivity index (χ3v) is 3.83. The van der Waals surface area contributed by atoms with Crippen molar-refractivity contribution in [1.29, 1.82) is 0 Å². The lowest BCUT2D eigenvalue weighted by atomic mass is 10.1. The number of carbonyl (C=O) groups is 1. The van der Waals surface area contributed by atoms with E-state index in [1.165, 1.54) is 11.8 Å². The van der Waals surface area contributed by atoms with Gasteiger partial charge in [0.05, 0.1) is 5.03 Å². The monoisotopic (exact) mass is 254 g/mol. The second-order valence-corrected chi connectivity index (χ2v) is 5.30. The van der Waals surface area contributed by atoms with E-state index in [0.29, 0.717) is 5.75 Å². The van der Waals surface area contributed by atoms with Gasteiger partial charge in [0.1, 0.15) is 5.54 Å². The predicted octanol–water partition coefficient (Wildman–Crippen LogP) is 1.85. The number of rotatable bonds is 5. The van der Waals surface area contributed by atoms with Crippen LogP contribution in [0.25, 0.3) is 0 Å². The van der Waals surface area contributed by atoms with Gasteiger partial charge in [-0.1, -0.05) is 0 Å². The quantitative estimate of drug-likeness (QED) is 0.785. The second-order valence-electron chi connectivity index (χ2n) is 4.30. The molecule has 0 amide bonds. The van der Waals surface area contributed by atoms with Gasteiger partial charge in [0, 0.05) is 11.4 Å². The molecule has 17 heavy (non-hydrogen) atoms. The maximum Gasteiger partial charge on any atom is 0.324 e. The van der Waals surface area contributed by atoms with Gasteiger partial charge in [-0.3, -0.25) is 4.79 Å². The predicted molar refractivity (Wildman–Crippen MR) is 69.5 cm³/mol. The summed E-state index contributed by atoms with van der Waals surface area (Å²) in [6.07, 6.45) is 0. The third kappa shape index (κ3) is 3.71. The molecule has 0 bridgehead atoms. The van der Waals surface area contributed by atoms with Crippen molar-refractivity contribution in [2.45, 2.75) is 31.3 Å². The van der Waals surface area contributed by atoms with Gasteiger partial charge in [-0.05, 0) is 45.5 Å². The Morgan fingerprint density at radius 1 is 1.53 bits per heavy atom. The van der Waals surface area contributed by atoms with Crippen molar-refractivity contribution in [2.24, 2.45) is 0 Å². The van der Waals surface area contributed by atoms with Crippen LogP contribution in [0.1, 0.15) is 18.2 Å². The summed E-state index contributed by atoms with van der Waals surface area (Å²) in [7, 11) is 1.66. The Kier molecular flexibility index (Phi) is 4.54. The van der Waals surface area contributed by atoms with Crippen LogP contribution < -0.4 is 5.32 Å². The number of hydrogen-bond acceptors (Lipinski definition) is 4. The largest absolute Gasteiger partial charge is 0.480 e. The molecule has 1 unspecified atom stereocenters. The van der Waals surface area contributed by atoms with Crippen LogP contribution in [-0.2, 0) is 4.79 Å². The molecule has 0 saturated heterocycles. The van der Waals surface area contributed by atoms with Gasteiger partial charge < -0.3 is 10.4 Å². The van der Waals surface area contributed by atoms with Gasteiger partial charge in [0.2, 0.25) is 0 Å². The fraction of sp³-hybridized carbons (Fsp3) is 0.500. The molecule has 0 aliphatic rings. The van der Waals surface area contributed by atoms with Crippen LogP contribution in [0.15, 0.2) is 17.2 Å². The molecule has 1 aromatic rings. The topological polar surface area (TPSA) is 62.2 Å². The fourth-order valence-corrected chi connectivity index (χ4v) is 2.52. The minimum Gasteiger partial charge on any atom is -0.480 e. The molecule has 5 heteroatoms. The van der Waals surface area contributed by atoms with Crippen LogP contribution in [-0.4, -0.2) is 34.4 Å². The molecule has 94 valence electrons. The first-order valence-electron chi connectivity index (χ1n) is 5.38. The number of aryl methyl sites for hydroxylation is 2. The summed E-state index contributed by atoms with van der Waals surface area (Å²) in [5.41, 5.74) is 1.17. The summed E-state index contributed by atoms with van der Waals surface area (Å²) in [6, 6.07) is 3.97. The average Bonchev–Trinajstić information content (AvgIpc) is 2.24. The lowest BCUT2D eigenvalue weighted by Gasteiger charge is -2.23. The number of thioether (sulfide) groups is 1. The van der Waals surface area contributed by atoms with Crippen molar-refractivity contribution in [3.05, 3.63) is 23.4 Å². The van der Waals surface area contributed by atoms with Crippen LogP contribution >= 0.6 is 11.8 Å². The van der Waals surface area contributed by atoms with Gasteiger partial charge in [0.25, 0.3) is 0 Å². The molecule has 4 nitrogen and oxygen atoms in total. The summed E-state index contributed by atoms with van der Waals surface area (Å²) in [5.74, 6) is -0.411. The van der Waals surface area contributed by atoms with E-state index in [2.05, 4.69) is 10.3 Å². The summed E-state index contributed by atoms with van der Waals surface area (Å²) in [5, 5.41) is 12.8. The number of hydrogen-bond donors (Lipinski definition) is 2. The Balaban J connectivity index is 2.76. The molecule has 1 atom stereocenters. The normalized spacial score (nSPS) is 14.4. The minimum atomic E-state index is -0.927.